The van der Waals surface area contributed by atoms with Gasteiger partial charge in [-0.15, -0.1) is 0 Å². The molecule has 2 N–H and O–H groups in total. The summed E-state index contributed by atoms with van der Waals surface area (Å²) in [6.07, 6.45) is 0.0907. The maximum absolute atomic E-state index is 9.72. The minimum Gasteiger partial charge on any atom is -0.390 e. The van der Waals surface area contributed by atoms with Gasteiger partial charge in [-0.2, -0.15) is 5.26 Å². The fourth-order valence-corrected chi connectivity index (χ4v) is 1.40. The van der Waals surface area contributed by atoms with Crippen molar-refractivity contribution in [3.8, 4) is 6.07 Å². The van der Waals surface area contributed by atoms with Crippen LogP contribution in [-0.2, 0) is 4.74 Å². The molecule has 16 heavy (non-hydrogen) atoms. The van der Waals surface area contributed by atoms with Gasteiger partial charge in [0, 0.05) is 39.7 Å². The van der Waals surface area contributed by atoms with Crippen LogP contribution in [0.2, 0.25) is 0 Å². The maximum atomic E-state index is 9.72. The first kappa shape index (κ1) is 15.3. The first-order valence-electron chi connectivity index (χ1n) is 5.71. The van der Waals surface area contributed by atoms with Crippen LogP contribution in [0.5, 0.6) is 0 Å². The van der Waals surface area contributed by atoms with Crippen molar-refractivity contribution >= 4 is 0 Å². The Balaban J connectivity index is 3.83. The van der Waals surface area contributed by atoms with Gasteiger partial charge in [-0.1, -0.05) is 6.92 Å². The molecule has 0 amide bonds. The van der Waals surface area contributed by atoms with E-state index in [1.165, 1.54) is 0 Å². The standard InChI is InChI=1S/C11H23N3O2/c1-3-13-9-11(15)10-14(6-4-5-12)7-8-16-2/h11,13,15H,3-4,6-10H2,1-2H3. The predicted molar refractivity (Wildman–Crippen MR) is 63.1 cm³/mol. The Bertz CT molecular complexity index is 194. The molecule has 0 aromatic rings. The van der Waals surface area contributed by atoms with Gasteiger partial charge in [0.05, 0.1) is 18.8 Å². The molecule has 0 aromatic carbocycles. The molecule has 0 bridgehead atoms. The van der Waals surface area contributed by atoms with Crippen LogP contribution in [0.1, 0.15) is 13.3 Å². The first-order chi connectivity index (χ1) is 7.74. The number of nitrogens with one attached hydrogen (secondary N) is 1. The average molecular weight is 229 g/mol. The van der Waals surface area contributed by atoms with E-state index in [1.807, 2.05) is 6.92 Å². The summed E-state index contributed by atoms with van der Waals surface area (Å²) in [5, 5.41) is 21.3. The molecule has 0 radical (unpaired) electrons. The number of methoxy groups -OCH3 is 1. The Morgan fingerprint density at radius 3 is 2.81 bits per heavy atom. The molecule has 5 heteroatoms. The molecule has 1 atom stereocenters. The molecule has 0 saturated heterocycles. The van der Waals surface area contributed by atoms with E-state index in [4.69, 9.17) is 10.00 Å². The lowest BCUT2D eigenvalue weighted by atomic mass is 10.3. The molecule has 0 rings (SSSR count). The third-order valence-corrected chi connectivity index (χ3v) is 2.25. The highest BCUT2D eigenvalue weighted by Gasteiger charge is 2.10. The molecule has 0 aromatic heterocycles. The summed E-state index contributed by atoms with van der Waals surface area (Å²) < 4.78 is 4.99. The molecule has 0 fully saturated rings. The van der Waals surface area contributed by atoms with Gasteiger partial charge >= 0.3 is 0 Å². The zero-order valence-corrected chi connectivity index (χ0v) is 10.3. The fourth-order valence-electron chi connectivity index (χ4n) is 1.40. The minimum atomic E-state index is -0.393. The fraction of sp³-hybridized carbons (Fsp3) is 0.909. The maximum Gasteiger partial charge on any atom is 0.0791 e. The van der Waals surface area contributed by atoms with Gasteiger partial charge in [-0.3, -0.25) is 4.90 Å². The first-order valence-corrected chi connectivity index (χ1v) is 5.71. The lowest BCUT2D eigenvalue weighted by Gasteiger charge is -2.23. The summed E-state index contributed by atoms with van der Waals surface area (Å²) in [5.41, 5.74) is 0. The van der Waals surface area contributed by atoms with Gasteiger partial charge in [-0.05, 0) is 6.54 Å². The number of likely N-dealkylation sites (N-methyl/N-ethyl adjacent to an activating group) is 1. The third kappa shape index (κ3) is 8.62. The number of aliphatic hydroxyl groups is 1. The SMILES string of the molecule is CCNCC(O)CN(CCC#N)CCOC. The summed E-state index contributed by atoms with van der Waals surface area (Å²) in [6, 6.07) is 2.11. The van der Waals surface area contributed by atoms with Crippen LogP contribution in [0.3, 0.4) is 0 Å². The Hall–Kier alpha value is -0.670. The van der Waals surface area contributed by atoms with E-state index in [2.05, 4.69) is 16.3 Å². The number of aliphatic hydroxyl groups excluding tert-OH is 1. The molecule has 94 valence electrons. The molecule has 5 nitrogen and oxygen atoms in total. The second-order valence-corrected chi connectivity index (χ2v) is 3.66. The molecular formula is C11H23N3O2. The highest BCUT2D eigenvalue weighted by atomic mass is 16.5. The summed E-state index contributed by atoms with van der Waals surface area (Å²) in [4.78, 5) is 2.05. The van der Waals surface area contributed by atoms with Crippen LogP contribution in [-0.4, -0.2) is 62.6 Å². The van der Waals surface area contributed by atoms with Gasteiger partial charge in [0.25, 0.3) is 0 Å². The molecule has 0 aliphatic carbocycles. The third-order valence-electron chi connectivity index (χ3n) is 2.25. The van der Waals surface area contributed by atoms with E-state index in [0.717, 1.165) is 13.1 Å². The van der Waals surface area contributed by atoms with Gasteiger partial charge < -0.3 is 15.2 Å². The van der Waals surface area contributed by atoms with Crippen LogP contribution in [0.4, 0.5) is 0 Å². The molecule has 0 heterocycles. The lowest BCUT2D eigenvalue weighted by molar-refractivity contribution is 0.0899. The van der Waals surface area contributed by atoms with Crippen LogP contribution in [0.25, 0.3) is 0 Å². The Morgan fingerprint density at radius 2 is 2.25 bits per heavy atom. The molecule has 0 aliphatic rings. The summed E-state index contributed by atoms with van der Waals surface area (Å²) in [5.74, 6) is 0. The van der Waals surface area contributed by atoms with Crippen molar-refractivity contribution in [1.29, 1.82) is 5.26 Å². The van der Waals surface area contributed by atoms with E-state index in [0.29, 0.717) is 32.7 Å². The van der Waals surface area contributed by atoms with Crippen LogP contribution >= 0.6 is 0 Å². The quantitative estimate of drug-likeness (QED) is 0.544. The van der Waals surface area contributed by atoms with Gasteiger partial charge in [0.15, 0.2) is 0 Å². The van der Waals surface area contributed by atoms with E-state index < -0.39 is 6.10 Å². The number of hydrogen-bond donors (Lipinski definition) is 2. The van der Waals surface area contributed by atoms with Gasteiger partial charge in [0.1, 0.15) is 0 Å². The second-order valence-electron chi connectivity index (χ2n) is 3.66. The predicted octanol–water partition coefficient (Wildman–Crippen LogP) is -0.181. The zero-order chi connectivity index (χ0) is 12.2. The van der Waals surface area contributed by atoms with Gasteiger partial charge in [0.2, 0.25) is 0 Å². The topological polar surface area (TPSA) is 68.5 Å². The van der Waals surface area contributed by atoms with Crippen molar-refractivity contribution in [3.05, 3.63) is 0 Å². The number of hydrogen-bond acceptors (Lipinski definition) is 5. The van der Waals surface area contributed by atoms with E-state index in [9.17, 15) is 5.11 Å². The number of nitriles is 1. The van der Waals surface area contributed by atoms with E-state index >= 15 is 0 Å². The van der Waals surface area contributed by atoms with Crippen molar-refractivity contribution in [2.45, 2.75) is 19.4 Å². The molecule has 0 saturated carbocycles. The highest BCUT2D eigenvalue weighted by Crippen LogP contribution is 1.95. The Labute approximate surface area is 98.0 Å². The van der Waals surface area contributed by atoms with Crippen molar-refractivity contribution in [3.63, 3.8) is 0 Å². The summed E-state index contributed by atoms with van der Waals surface area (Å²) in [7, 11) is 1.65. The largest absolute Gasteiger partial charge is 0.390 e. The van der Waals surface area contributed by atoms with Crippen molar-refractivity contribution in [2.24, 2.45) is 0 Å². The van der Waals surface area contributed by atoms with Crippen LogP contribution in [0.15, 0.2) is 0 Å². The highest BCUT2D eigenvalue weighted by molar-refractivity contribution is 4.74. The smallest absolute Gasteiger partial charge is 0.0791 e. The second kappa shape index (κ2) is 10.8. The lowest BCUT2D eigenvalue weighted by Crippen LogP contribution is -2.40. The Morgan fingerprint density at radius 1 is 1.50 bits per heavy atom. The summed E-state index contributed by atoms with van der Waals surface area (Å²) >= 11 is 0. The van der Waals surface area contributed by atoms with Crippen molar-refractivity contribution in [1.82, 2.24) is 10.2 Å². The molecule has 0 aliphatic heterocycles. The molecule has 0 spiro atoms. The molecular weight excluding hydrogens is 206 g/mol. The van der Waals surface area contributed by atoms with E-state index in [-0.39, 0.29) is 0 Å². The Kier molecular flexibility index (Phi) is 10.4. The van der Waals surface area contributed by atoms with E-state index in [1.54, 1.807) is 7.11 Å². The number of ether oxygens (including phenoxy) is 1. The normalized spacial score (nSPS) is 12.7. The van der Waals surface area contributed by atoms with Gasteiger partial charge in [-0.25, -0.2) is 0 Å². The van der Waals surface area contributed by atoms with Crippen LogP contribution < -0.4 is 5.32 Å². The summed E-state index contributed by atoms with van der Waals surface area (Å²) in [6.45, 7) is 6.09. The zero-order valence-electron chi connectivity index (χ0n) is 10.3. The molecule has 1 unspecified atom stereocenters. The minimum absolute atomic E-state index is 0.393. The monoisotopic (exact) mass is 229 g/mol. The van der Waals surface area contributed by atoms with Crippen molar-refractivity contribution in [2.75, 3.05) is 46.4 Å². The van der Waals surface area contributed by atoms with Crippen molar-refractivity contribution < 1.29 is 9.84 Å². The average Bonchev–Trinajstić information content (AvgIpc) is 2.30. The number of rotatable bonds is 10. The van der Waals surface area contributed by atoms with Crippen LogP contribution in [0, 0.1) is 11.3 Å². The number of nitrogens with zero attached hydrogens (tertiary/aromatic N) is 2.